The Morgan fingerprint density at radius 3 is 2.47 bits per heavy atom. The largest absolute Gasteiger partial charge is 0.497 e. The first-order valence-corrected chi connectivity index (χ1v) is 6.02. The molecule has 1 fully saturated rings. The molecule has 0 saturated carbocycles. The van der Waals surface area contributed by atoms with E-state index in [2.05, 4.69) is 0 Å². The molecule has 6 heteroatoms. The summed E-state index contributed by atoms with van der Waals surface area (Å²) in [7, 11) is 1.59. The number of rotatable bonds is 4. The van der Waals surface area contributed by atoms with Gasteiger partial charge in [-0.25, -0.2) is 0 Å². The Kier molecular flexibility index (Phi) is 4.73. The van der Waals surface area contributed by atoms with Crippen LogP contribution in [0, 0.1) is 0 Å². The lowest BCUT2D eigenvalue weighted by molar-refractivity contribution is -0.273. The molecule has 1 saturated heterocycles. The third-order valence-corrected chi connectivity index (χ3v) is 3.03. The smallest absolute Gasteiger partial charge is 0.186 e. The van der Waals surface area contributed by atoms with Crippen molar-refractivity contribution in [2.24, 2.45) is 0 Å². The number of aliphatic hydroxyl groups excluding tert-OH is 3. The number of methoxy groups -OCH3 is 1. The monoisotopic (exact) mass is 270 g/mol. The maximum atomic E-state index is 9.69. The number of hydrogen-bond donors (Lipinski definition) is 3. The van der Waals surface area contributed by atoms with Crippen LogP contribution in [0.4, 0.5) is 0 Å². The van der Waals surface area contributed by atoms with E-state index < -0.39 is 24.6 Å². The van der Waals surface area contributed by atoms with E-state index in [9.17, 15) is 15.3 Å². The third-order valence-electron chi connectivity index (χ3n) is 3.03. The SMILES string of the molecule is COc1ccc(CO[C@@H]2OC[C@H](O)[C@H](O)[C@H]2O)cc1. The third kappa shape index (κ3) is 3.43. The van der Waals surface area contributed by atoms with E-state index >= 15 is 0 Å². The molecule has 1 aliphatic rings. The predicted molar refractivity (Wildman–Crippen MR) is 65.5 cm³/mol. The number of benzene rings is 1. The van der Waals surface area contributed by atoms with Crippen molar-refractivity contribution in [2.45, 2.75) is 31.2 Å². The summed E-state index contributed by atoms with van der Waals surface area (Å²) in [4.78, 5) is 0. The molecule has 1 aromatic rings. The van der Waals surface area contributed by atoms with Crippen molar-refractivity contribution in [2.75, 3.05) is 13.7 Å². The summed E-state index contributed by atoms with van der Waals surface area (Å²) in [6.45, 7) is 0.167. The molecule has 1 aliphatic heterocycles. The average Bonchev–Trinajstić information content (AvgIpc) is 2.45. The van der Waals surface area contributed by atoms with E-state index in [4.69, 9.17) is 14.2 Å². The second-order valence-electron chi connectivity index (χ2n) is 4.41. The molecular formula is C13H18O6. The van der Waals surface area contributed by atoms with Crippen LogP contribution < -0.4 is 4.74 Å². The molecule has 0 aliphatic carbocycles. The van der Waals surface area contributed by atoms with E-state index in [0.717, 1.165) is 11.3 Å². The molecule has 6 nitrogen and oxygen atoms in total. The van der Waals surface area contributed by atoms with E-state index in [0.29, 0.717) is 0 Å². The summed E-state index contributed by atoms with van der Waals surface area (Å²) in [5.41, 5.74) is 0.886. The molecule has 0 unspecified atom stereocenters. The van der Waals surface area contributed by atoms with Crippen LogP contribution in [0.25, 0.3) is 0 Å². The summed E-state index contributed by atoms with van der Waals surface area (Å²) in [5.74, 6) is 0.747. The Labute approximate surface area is 111 Å². The fourth-order valence-corrected chi connectivity index (χ4v) is 1.83. The lowest BCUT2D eigenvalue weighted by Crippen LogP contribution is -2.53. The van der Waals surface area contributed by atoms with Crippen molar-refractivity contribution >= 4 is 0 Å². The van der Waals surface area contributed by atoms with Gasteiger partial charge in [0.05, 0.1) is 20.3 Å². The fraction of sp³-hybridized carbons (Fsp3) is 0.538. The zero-order valence-corrected chi connectivity index (χ0v) is 10.6. The van der Waals surface area contributed by atoms with Crippen LogP contribution in [0.3, 0.4) is 0 Å². The molecule has 1 heterocycles. The highest BCUT2D eigenvalue weighted by molar-refractivity contribution is 5.26. The normalized spacial score (nSPS) is 31.2. The minimum atomic E-state index is -1.26. The second kappa shape index (κ2) is 6.31. The molecule has 0 amide bonds. The van der Waals surface area contributed by atoms with Crippen LogP contribution in [0.1, 0.15) is 5.56 Å². The molecule has 4 atom stereocenters. The van der Waals surface area contributed by atoms with Gasteiger partial charge >= 0.3 is 0 Å². The van der Waals surface area contributed by atoms with Crippen LogP contribution in [0.15, 0.2) is 24.3 Å². The minimum Gasteiger partial charge on any atom is -0.497 e. The molecule has 2 rings (SSSR count). The van der Waals surface area contributed by atoms with Gasteiger partial charge in [-0.2, -0.15) is 0 Å². The highest BCUT2D eigenvalue weighted by Crippen LogP contribution is 2.19. The van der Waals surface area contributed by atoms with E-state index in [1.54, 1.807) is 19.2 Å². The maximum absolute atomic E-state index is 9.69. The van der Waals surface area contributed by atoms with Gasteiger partial charge in [0.25, 0.3) is 0 Å². The van der Waals surface area contributed by atoms with Crippen LogP contribution in [-0.4, -0.2) is 53.6 Å². The summed E-state index contributed by atoms with van der Waals surface area (Å²) in [6.07, 6.45) is -4.55. The van der Waals surface area contributed by atoms with Crippen LogP contribution in [0.2, 0.25) is 0 Å². The van der Waals surface area contributed by atoms with E-state index in [-0.39, 0.29) is 13.2 Å². The highest BCUT2D eigenvalue weighted by atomic mass is 16.7. The summed E-state index contributed by atoms with van der Waals surface area (Å²) < 4.78 is 15.6. The Bertz CT molecular complexity index is 393. The van der Waals surface area contributed by atoms with Crippen LogP contribution in [0.5, 0.6) is 5.75 Å². The number of hydrogen-bond acceptors (Lipinski definition) is 6. The zero-order valence-electron chi connectivity index (χ0n) is 10.6. The van der Waals surface area contributed by atoms with E-state index in [1.165, 1.54) is 0 Å². The van der Waals surface area contributed by atoms with Crippen molar-refractivity contribution in [1.29, 1.82) is 0 Å². The first-order chi connectivity index (χ1) is 9.11. The van der Waals surface area contributed by atoms with E-state index in [1.807, 2.05) is 12.1 Å². The maximum Gasteiger partial charge on any atom is 0.186 e. The number of aliphatic hydroxyl groups is 3. The van der Waals surface area contributed by atoms with Gasteiger partial charge in [-0.3, -0.25) is 0 Å². The molecular weight excluding hydrogens is 252 g/mol. The number of ether oxygens (including phenoxy) is 3. The van der Waals surface area contributed by atoms with Gasteiger partial charge < -0.3 is 29.5 Å². The van der Waals surface area contributed by atoms with Gasteiger partial charge in [-0.15, -0.1) is 0 Å². The van der Waals surface area contributed by atoms with Crippen molar-refractivity contribution in [3.8, 4) is 5.75 Å². The quantitative estimate of drug-likeness (QED) is 0.693. The van der Waals surface area contributed by atoms with Crippen LogP contribution >= 0.6 is 0 Å². The van der Waals surface area contributed by atoms with Crippen molar-refractivity contribution in [1.82, 2.24) is 0 Å². The minimum absolute atomic E-state index is 0.0640. The molecule has 3 N–H and O–H groups in total. The van der Waals surface area contributed by atoms with Gasteiger partial charge in [0.2, 0.25) is 0 Å². The lowest BCUT2D eigenvalue weighted by Gasteiger charge is -2.34. The van der Waals surface area contributed by atoms with Crippen molar-refractivity contribution in [3.05, 3.63) is 29.8 Å². The lowest BCUT2D eigenvalue weighted by atomic mass is 10.1. The van der Waals surface area contributed by atoms with Gasteiger partial charge in [0.15, 0.2) is 6.29 Å². The first-order valence-electron chi connectivity index (χ1n) is 6.02. The average molecular weight is 270 g/mol. The highest BCUT2D eigenvalue weighted by Gasteiger charge is 2.38. The van der Waals surface area contributed by atoms with Gasteiger partial charge in [-0.1, -0.05) is 12.1 Å². The van der Waals surface area contributed by atoms with Gasteiger partial charge in [-0.05, 0) is 17.7 Å². The summed E-state index contributed by atoms with van der Waals surface area (Å²) in [5, 5.41) is 28.5. The Morgan fingerprint density at radius 2 is 1.84 bits per heavy atom. The second-order valence-corrected chi connectivity index (χ2v) is 4.41. The Hall–Kier alpha value is -1.18. The van der Waals surface area contributed by atoms with Gasteiger partial charge in [0, 0.05) is 0 Å². The van der Waals surface area contributed by atoms with Crippen molar-refractivity contribution in [3.63, 3.8) is 0 Å². The van der Waals surface area contributed by atoms with Crippen LogP contribution in [-0.2, 0) is 16.1 Å². The molecule has 19 heavy (non-hydrogen) atoms. The van der Waals surface area contributed by atoms with Crippen molar-refractivity contribution < 1.29 is 29.5 Å². The first kappa shape index (κ1) is 14.2. The molecule has 0 bridgehead atoms. The predicted octanol–water partition coefficient (Wildman–Crippen LogP) is -0.349. The summed E-state index contributed by atoms with van der Waals surface area (Å²) in [6, 6.07) is 7.27. The van der Waals surface area contributed by atoms with Gasteiger partial charge in [0.1, 0.15) is 24.1 Å². The fourth-order valence-electron chi connectivity index (χ4n) is 1.83. The molecule has 0 aromatic heterocycles. The molecule has 106 valence electrons. The summed E-state index contributed by atoms with van der Waals surface area (Å²) >= 11 is 0. The Morgan fingerprint density at radius 1 is 1.16 bits per heavy atom. The Balaban J connectivity index is 1.87. The zero-order chi connectivity index (χ0) is 13.8. The standard InChI is InChI=1S/C13H18O6/c1-17-9-4-2-8(3-5-9)6-18-13-12(16)11(15)10(14)7-19-13/h2-5,10-16H,6-7H2,1H3/t10-,11-,12+,13+/m0/s1. The molecule has 0 radical (unpaired) electrons. The molecule has 1 aromatic carbocycles. The topological polar surface area (TPSA) is 88.4 Å². The molecule has 0 spiro atoms.